The molecule has 1 aliphatic rings. The maximum absolute atomic E-state index is 12.3. The van der Waals surface area contributed by atoms with E-state index in [2.05, 4.69) is 19.2 Å². The molecule has 0 aromatic heterocycles. The Balaban J connectivity index is 2.37. The number of amides is 2. The van der Waals surface area contributed by atoms with E-state index in [4.69, 9.17) is 0 Å². The number of urea groups is 1. The van der Waals surface area contributed by atoms with Gasteiger partial charge in [-0.2, -0.15) is 0 Å². The van der Waals surface area contributed by atoms with Gasteiger partial charge in [0.05, 0.1) is 6.10 Å². The van der Waals surface area contributed by atoms with Crippen LogP contribution in [0.15, 0.2) is 0 Å². The first-order valence-electron chi connectivity index (χ1n) is 8.31. The molecule has 0 aliphatic carbocycles. The van der Waals surface area contributed by atoms with Crippen LogP contribution in [0.2, 0.25) is 0 Å². The number of likely N-dealkylation sites (tertiary alicyclic amines) is 1. The number of aliphatic hydroxyl groups is 1. The molecule has 2 amide bonds. The highest BCUT2D eigenvalue weighted by Crippen LogP contribution is 2.20. The monoisotopic (exact) mass is 284 g/mol. The van der Waals surface area contributed by atoms with Crippen molar-refractivity contribution >= 4 is 6.03 Å². The van der Waals surface area contributed by atoms with Crippen LogP contribution in [0.25, 0.3) is 0 Å². The Morgan fingerprint density at radius 2 is 1.90 bits per heavy atom. The van der Waals surface area contributed by atoms with E-state index >= 15 is 0 Å². The molecule has 0 bridgehead atoms. The molecule has 1 rings (SSSR count). The fraction of sp³-hybridized carbons (Fsp3) is 0.938. The topological polar surface area (TPSA) is 52.6 Å². The lowest BCUT2D eigenvalue weighted by molar-refractivity contribution is 0.0791. The summed E-state index contributed by atoms with van der Waals surface area (Å²) >= 11 is 0. The van der Waals surface area contributed by atoms with Gasteiger partial charge in [-0.1, -0.05) is 33.1 Å². The molecule has 0 aromatic carbocycles. The van der Waals surface area contributed by atoms with Crippen molar-refractivity contribution in [3.8, 4) is 0 Å². The molecule has 0 saturated carbocycles. The number of nitrogens with zero attached hydrogens (tertiary/aromatic N) is 1. The molecule has 4 heteroatoms. The molecule has 2 N–H and O–H groups in total. The highest BCUT2D eigenvalue weighted by atomic mass is 16.3. The van der Waals surface area contributed by atoms with Gasteiger partial charge < -0.3 is 15.3 Å². The number of piperidine rings is 1. The van der Waals surface area contributed by atoms with Gasteiger partial charge in [0.15, 0.2) is 0 Å². The van der Waals surface area contributed by atoms with E-state index in [1.807, 2.05) is 11.8 Å². The largest absolute Gasteiger partial charge is 0.393 e. The highest BCUT2D eigenvalue weighted by Gasteiger charge is 2.26. The smallest absolute Gasteiger partial charge is 0.317 e. The minimum Gasteiger partial charge on any atom is -0.393 e. The summed E-state index contributed by atoms with van der Waals surface area (Å²) in [5, 5.41) is 12.8. The number of carbonyl (C=O) groups is 1. The number of aliphatic hydroxyl groups excluding tert-OH is 1. The summed E-state index contributed by atoms with van der Waals surface area (Å²) in [6, 6.07) is 0.408. The zero-order valence-electron chi connectivity index (χ0n) is 13.4. The second-order valence-corrected chi connectivity index (χ2v) is 6.14. The van der Waals surface area contributed by atoms with Crippen LogP contribution in [0.1, 0.15) is 65.7 Å². The Morgan fingerprint density at radius 3 is 2.40 bits per heavy atom. The van der Waals surface area contributed by atoms with Gasteiger partial charge in [0.1, 0.15) is 0 Å². The van der Waals surface area contributed by atoms with Gasteiger partial charge in [-0.3, -0.25) is 0 Å². The van der Waals surface area contributed by atoms with E-state index in [0.717, 1.165) is 45.2 Å². The fourth-order valence-corrected chi connectivity index (χ4v) is 2.94. The summed E-state index contributed by atoms with van der Waals surface area (Å²) in [6.07, 6.45) is 7.19. The molecule has 118 valence electrons. The van der Waals surface area contributed by atoms with E-state index < -0.39 is 0 Å². The number of rotatable bonds is 7. The molecule has 0 radical (unpaired) electrons. The van der Waals surface area contributed by atoms with Crippen LogP contribution in [-0.2, 0) is 0 Å². The van der Waals surface area contributed by atoms with Gasteiger partial charge >= 0.3 is 6.03 Å². The zero-order chi connectivity index (χ0) is 15.0. The van der Waals surface area contributed by atoms with E-state index in [9.17, 15) is 9.90 Å². The van der Waals surface area contributed by atoms with Gasteiger partial charge in [0, 0.05) is 19.1 Å². The lowest BCUT2D eigenvalue weighted by atomic mass is 9.92. The molecule has 1 saturated heterocycles. The third kappa shape index (κ3) is 5.70. The lowest BCUT2D eigenvalue weighted by Gasteiger charge is -2.34. The summed E-state index contributed by atoms with van der Waals surface area (Å²) < 4.78 is 0. The van der Waals surface area contributed by atoms with Crippen molar-refractivity contribution in [2.24, 2.45) is 5.92 Å². The number of carbonyl (C=O) groups excluding carboxylic acids is 1. The van der Waals surface area contributed by atoms with Crippen LogP contribution in [0.4, 0.5) is 4.79 Å². The molecule has 2 atom stereocenters. The van der Waals surface area contributed by atoms with Gasteiger partial charge in [0.2, 0.25) is 0 Å². The zero-order valence-corrected chi connectivity index (χ0v) is 13.4. The van der Waals surface area contributed by atoms with Crippen molar-refractivity contribution in [1.82, 2.24) is 10.2 Å². The Hall–Kier alpha value is -0.770. The quantitative estimate of drug-likeness (QED) is 0.754. The first-order chi connectivity index (χ1) is 9.58. The molecule has 20 heavy (non-hydrogen) atoms. The molecular weight excluding hydrogens is 252 g/mol. The summed E-state index contributed by atoms with van der Waals surface area (Å²) in [5.41, 5.74) is 0. The number of hydrogen-bond acceptors (Lipinski definition) is 2. The molecule has 1 fully saturated rings. The second kappa shape index (κ2) is 9.22. The Labute approximate surface area is 123 Å². The average molecular weight is 284 g/mol. The fourth-order valence-electron chi connectivity index (χ4n) is 2.94. The van der Waals surface area contributed by atoms with Crippen LogP contribution in [0.5, 0.6) is 0 Å². The minimum atomic E-state index is -0.252. The Morgan fingerprint density at radius 1 is 1.25 bits per heavy atom. The van der Waals surface area contributed by atoms with Gasteiger partial charge in [0.25, 0.3) is 0 Å². The van der Waals surface area contributed by atoms with Crippen molar-refractivity contribution in [3.05, 3.63) is 0 Å². The predicted octanol–water partition coefficient (Wildman–Crippen LogP) is 3.15. The third-order valence-corrected chi connectivity index (χ3v) is 4.38. The molecule has 1 heterocycles. The standard InChI is InChI=1S/C16H32N2O2/c1-4-6-8-15(7-5-2)17-16(20)18-11-9-14(10-12-18)13(3)19/h13-15,19H,4-12H2,1-3H3,(H,17,20). The van der Waals surface area contributed by atoms with Crippen LogP contribution >= 0.6 is 0 Å². The third-order valence-electron chi connectivity index (χ3n) is 4.38. The van der Waals surface area contributed by atoms with E-state index in [0.29, 0.717) is 12.0 Å². The SMILES string of the molecule is CCCCC(CCC)NC(=O)N1CCC(C(C)O)CC1. The second-order valence-electron chi connectivity index (χ2n) is 6.14. The van der Waals surface area contributed by atoms with Gasteiger partial charge in [-0.05, 0) is 38.5 Å². The molecule has 0 aromatic rings. The average Bonchev–Trinajstić information content (AvgIpc) is 2.45. The molecule has 1 aliphatic heterocycles. The van der Waals surface area contributed by atoms with Crippen molar-refractivity contribution in [3.63, 3.8) is 0 Å². The van der Waals surface area contributed by atoms with Crippen molar-refractivity contribution < 1.29 is 9.90 Å². The van der Waals surface area contributed by atoms with E-state index in [1.54, 1.807) is 0 Å². The molecular formula is C16H32N2O2. The summed E-state index contributed by atoms with van der Waals surface area (Å²) in [4.78, 5) is 14.2. The van der Waals surface area contributed by atoms with Crippen LogP contribution in [0.3, 0.4) is 0 Å². The summed E-state index contributed by atoms with van der Waals surface area (Å²) in [7, 11) is 0. The first kappa shape index (κ1) is 17.3. The van der Waals surface area contributed by atoms with E-state index in [1.165, 1.54) is 12.8 Å². The van der Waals surface area contributed by atoms with Crippen molar-refractivity contribution in [1.29, 1.82) is 0 Å². The number of nitrogens with one attached hydrogen (secondary N) is 1. The maximum Gasteiger partial charge on any atom is 0.317 e. The van der Waals surface area contributed by atoms with Crippen LogP contribution in [0, 0.1) is 5.92 Å². The molecule has 0 spiro atoms. The van der Waals surface area contributed by atoms with Gasteiger partial charge in [-0.25, -0.2) is 4.79 Å². The number of unbranched alkanes of at least 4 members (excludes halogenated alkanes) is 1. The van der Waals surface area contributed by atoms with Crippen LogP contribution < -0.4 is 5.32 Å². The summed E-state index contributed by atoms with van der Waals surface area (Å²) in [6.45, 7) is 7.75. The van der Waals surface area contributed by atoms with Crippen molar-refractivity contribution in [2.45, 2.75) is 77.9 Å². The summed E-state index contributed by atoms with van der Waals surface area (Å²) in [5.74, 6) is 0.352. The predicted molar refractivity (Wildman–Crippen MR) is 82.7 cm³/mol. The first-order valence-corrected chi connectivity index (χ1v) is 8.31. The maximum atomic E-state index is 12.3. The molecule has 4 nitrogen and oxygen atoms in total. The minimum absolute atomic E-state index is 0.0867. The van der Waals surface area contributed by atoms with Crippen molar-refractivity contribution in [2.75, 3.05) is 13.1 Å². The Bertz CT molecular complexity index is 274. The van der Waals surface area contributed by atoms with Gasteiger partial charge in [-0.15, -0.1) is 0 Å². The molecule has 2 unspecified atom stereocenters. The van der Waals surface area contributed by atoms with Crippen LogP contribution in [-0.4, -0.2) is 41.3 Å². The normalized spacial score (nSPS) is 19.7. The Kier molecular flexibility index (Phi) is 7.97. The number of hydrogen-bond donors (Lipinski definition) is 2. The lowest BCUT2D eigenvalue weighted by Crippen LogP contribution is -2.48. The van der Waals surface area contributed by atoms with E-state index in [-0.39, 0.29) is 12.1 Å². The highest BCUT2D eigenvalue weighted by molar-refractivity contribution is 5.74.